The maximum Gasteiger partial charge on any atom is 0.280 e. The van der Waals surface area contributed by atoms with E-state index in [1.54, 1.807) is 16.8 Å². The molecule has 0 radical (unpaired) electrons. The van der Waals surface area contributed by atoms with Crippen LogP contribution >= 0.6 is 0 Å². The predicted molar refractivity (Wildman–Crippen MR) is 86.7 cm³/mol. The highest BCUT2D eigenvalue weighted by Crippen LogP contribution is 2.22. The lowest BCUT2D eigenvalue weighted by Crippen LogP contribution is -2.25. The third-order valence-corrected chi connectivity index (χ3v) is 4.32. The van der Waals surface area contributed by atoms with Gasteiger partial charge in [-0.1, -0.05) is 18.6 Å². The number of benzene rings is 1. The Balaban J connectivity index is 1.91. The van der Waals surface area contributed by atoms with Crippen molar-refractivity contribution in [2.75, 3.05) is 0 Å². The van der Waals surface area contributed by atoms with E-state index in [9.17, 15) is 9.18 Å². The minimum Gasteiger partial charge on any atom is -0.295 e. The summed E-state index contributed by atoms with van der Waals surface area (Å²) < 4.78 is 15.2. The molecule has 3 heterocycles. The SMILES string of the molecule is O=c1c2ncc(-c3cccc(F)c3)cc2nc2n1CCCCC2. The maximum atomic E-state index is 13.4. The van der Waals surface area contributed by atoms with Gasteiger partial charge in [-0.2, -0.15) is 0 Å². The predicted octanol–water partition coefficient (Wildman–Crippen LogP) is 3.32. The van der Waals surface area contributed by atoms with E-state index in [1.807, 2.05) is 12.1 Å². The molecule has 0 saturated heterocycles. The first kappa shape index (κ1) is 14.1. The Labute approximate surface area is 132 Å². The summed E-state index contributed by atoms with van der Waals surface area (Å²) in [6.45, 7) is 0.713. The third-order valence-electron chi connectivity index (χ3n) is 4.32. The van der Waals surface area contributed by atoms with Crippen LogP contribution in [0.15, 0.2) is 41.3 Å². The van der Waals surface area contributed by atoms with Crippen molar-refractivity contribution in [3.05, 3.63) is 58.5 Å². The van der Waals surface area contributed by atoms with Gasteiger partial charge in [-0.25, -0.2) is 14.4 Å². The number of hydrogen-bond donors (Lipinski definition) is 0. The van der Waals surface area contributed by atoms with Crippen LogP contribution < -0.4 is 5.56 Å². The van der Waals surface area contributed by atoms with E-state index < -0.39 is 0 Å². The van der Waals surface area contributed by atoms with Crippen molar-refractivity contribution in [2.45, 2.75) is 32.2 Å². The van der Waals surface area contributed by atoms with E-state index in [2.05, 4.69) is 9.97 Å². The molecule has 2 aromatic heterocycles. The average molecular weight is 309 g/mol. The first-order valence-corrected chi connectivity index (χ1v) is 7.88. The van der Waals surface area contributed by atoms with Crippen LogP contribution in [0.1, 0.15) is 25.1 Å². The molecule has 3 aromatic rings. The molecule has 1 aliphatic heterocycles. The molecule has 1 aromatic carbocycles. The lowest BCUT2D eigenvalue weighted by molar-refractivity contribution is 0.613. The molecule has 0 N–H and O–H groups in total. The summed E-state index contributed by atoms with van der Waals surface area (Å²) >= 11 is 0. The van der Waals surface area contributed by atoms with Gasteiger partial charge in [0, 0.05) is 24.7 Å². The number of hydrogen-bond acceptors (Lipinski definition) is 3. The van der Waals surface area contributed by atoms with E-state index in [1.165, 1.54) is 12.1 Å². The van der Waals surface area contributed by atoms with Gasteiger partial charge in [-0.05, 0) is 36.6 Å². The van der Waals surface area contributed by atoms with Gasteiger partial charge in [0.25, 0.3) is 5.56 Å². The molecule has 5 heteroatoms. The fourth-order valence-corrected chi connectivity index (χ4v) is 3.12. The van der Waals surface area contributed by atoms with Crippen molar-refractivity contribution < 1.29 is 4.39 Å². The molecule has 0 unspecified atom stereocenters. The maximum absolute atomic E-state index is 13.4. The van der Waals surface area contributed by atoms with Crippen molar-refractivity contribution >= 4 is 11.0 Å². The van der Waals surface area contributed by atoms with Crippen molar-refractivity contribution in [1.82, 2.24) is 14.5 Å². The minimum atomic E-state index is -0.294. The quantitative estimate of drug-likeness (QED) is 0.693. The van der Waals surface area contributed by atoms with Gasteiger partial charge in [0.1, 0.15) is 11.6 Å². The summed E-state index contributed by atoms with van der Waals surface area (Å²) in [6.07, 6.45) is 5.59. The van der Waals surface area contributed by atoms with Crippen LogP contribution in [0.4, 0.5) is 4.39 Å². The van der Waals surface area contributed by atoms with Crippen LogP contribution in [-0.4, -0.2) is 14.5 Å². The van der Waals surface area contributed by atoms with E-state index >= 15 is 0 Å². The zero-order valence-electron chi connectivity index (χ0n) is 12.6. The second-order valence-electron chi connectivity index (χ2n) is 5.90. The van der Waals surface area contributed by atoms with Gasteiger partial charge in [0.2, 0.25) is 0 Å². The van der Waals surface area contributed by atoms with E-state index in [0.717, 1.165) is 42.6 Å². The molecule has 0 bridgehead atoms. The van der Waals surface area contributed by atoms with Gasteiger partial charge >= 0.3 is 0 Å². The van der Waals surface area contributed by atoms with Gasteiger partial charge in [-0.15, -0.1) is 0 Å². The smallest absolute Gasteiger partial charge is 0.280 e. The van der Waals surface area contributed by atoms with Crippen molar-refractivity contribution in [2.24, 2.45) is 0 Å². The molecule has 0 saturated carbocycles. The summed E-state index contributed by atoms with van der Waals surface area (Å²) in [4.78, 5) is 21.6. The van der Waals surface area contributed by atoms with Crippen LogP contribution in [0.5, 0.6) is 0 Å². The number of pyridine rings is 1. The fraction of sp³-hybridized carbons (Fsp3) is 0.278. The number of aryl methyl sites for hydroxylation is 1. The molecular weight excluding hydrogens is 293 g/mol. The van der Waals surface area contributed by atoms with Gasteiger partial charge in [0.15, 0.2) is 5.52 Å². The highest BCUT2D eigenvalue weighted by atomic mass is 19.1. The molecule has 4 rings (SSSR count). The van der Waals surface area contributed by atoms with Crippen LogP contribution in [-0.2, 0) is 13.0 Å². The summed E-state index contributed by atoms with van der Waals surface area (Å²) in [5.74, 6) is 0.538. The number of nitrogens with zero attached hydrogens (tertiary/aromatic N) is 3. The monoisotopic (exact) mass is 309 g/mol. The van der Waals surface area contributed by atoms with E-state index in [4.69, 9.17) is 0 Å². The minimum absolute atomic E-state index is 0.0716. The molecule has 0 fully saturated rings. The summed E-state index contributed by atoms with van der Waals surface area (Å²) in [6, 6.07) is 8.17. The first-order valence-electron chi connectivity index (χ1n) is 7.88. The van der Waals surface area contributed by atoms with Crippen molar-refractivity contribution in [3.63, 3.8) is 0 Å². The molecule has 116 valence electrons. The zero-order chi connectivity index (χ0) is 15.8. The van der Waals surface area contributed by atoms with E-state index in [0.29, 0.717) is 17.6 Å². The molecule has 0 atom stereocenters. The number of aromatic nitrogens is 3. The normalized spacial score (nSPS) is 14.5. The largest absolute Gasteiger partial charge is 0.295 e. The van der Waals surface area contributed by atoms with Crippen LogP contribution in [0, 0.1) is 5.82 Å². The topological polar surface area (TPSA) is 47.8 Å². The second-order valence-corrected chi connectivity index (χ2v) is 5.90. The summed E-state index contributed by atoms with van der Waals surface area (Å²) in [5, 5.41) is 0. The number of halogens is 1. The Hall–Kier alpha value is -2.56. The van der Waals surface area contributed by atoms with Crippen molar-refractivity contribution in [3.8, 4) is 11.1 Å². The van der Waals surface area contributed by atoms with Gasteiger partial charge in [0.05, 0.1) is 5.52 Å². The standard InChI is InChI=1S/C18H16FN3O/c19-14-6-4-5-12(9-14)13-10-15-17(20-11-13)18(23)22-8-3-1-2-7-16(22)21-15/h4-6,9-11H,1-3,7-8H2. The Bertz CT molecular complexity index is 949. The second kappa shape index (κ2) is 5.57. The molecule has 0 aliphatic carbocycles. The molecule has 4 nitrogen and oxygen atoms in total. The lowest BCUT2D eigenvalue weighted by Gasteiger charge is -2.10. The number of rotatable bonds is 1. The summed E-state index contributed by atoms with van der Waals surface area (Å²) in [5.41, 5.74) is 2.40. The molecule has 0 spiro atoms. The van der Waals surface area contributed by atoms with E-state index in [-0.39, 0.29) is 11.4 Å². The highest BCUT2D eigenvalue weighted by Gasteiger charge is 2.15. The Morgan fingerprint density at radius 1 is 1.09 bits per heavy atom. The van der Waals surface area contributed by atoms with Gasteiger partial charge in [-0.3, -0.25) is 9.36 Å². The lowest BCUT2D eigenvalue weighted by atomic mass is 10.1. The van der Waals surface area contributed by atoms with Gasteiger partial charge < -0.3 is 0 Å². The molecule has 0 amide bonds. The van der Waals surface area contributed by atoms with Crippen LogP contribution in [0.3, 0.4) is 0 Å². The highest BCUT2D eigenvalue weighted by molar-refractivity contribution is 5.79. The van der Waals surface area contributed by atoms with Crippen LogP contribution in [0.25, 0.3) is 22.2 Å². The van der Waals surface area contributed by atoms with Crippen LogP contribution in [0.2, 0.25) is 0 Å². The zero-order valence-corrected chi connectivity index (χ0v) is 12.6. The summed E-state index contributed by atoms with van der Waals surface area (Å²) in [7, 11) is 0. The Kier molecular flexibility index (Phi) is 3.41. The third kappa shape index (κ3) is 2.52. The molecule has 1 aliphatic rings. The Morgan fingerprint density at radius 3 is 2.87 bits per heavy atom. The first-order chi connectivity index (χ1) is 11.2. The molecule has 23 heavy (non-hydrogen) atoms. The Morgan fingerprint density at radius 2 is 2.00 bits per heavy atom. The molecular formula is C18H16FN3O. The average Bonchev–Trinajstić information content (AvgIpc) is 2.80. The fourth-order valence-electron chi connectivity index (χ4n) is 3.12. The number of fused-ring (bicyclic) bond motifs is 2. The van der Waals surface area contributed by atoms with Crippen molar-refractivity contribution in [1.29, 1.82) is 0 Å².